The third-order valence-electron chi connectivity index (χ3n) is 4.87. The van der Waals surface area contributed by atoms with Gasteiger partial charge >= 0.3 is 0 Å². The molecule has 4 aromatic rings. The summed E-state index contributed by atoms with van der Waals surface area (Å²) in [4.78, 5) is 14.2. The molecule has 0 radical (unpaired) electrons. The zero-order valence-electron chi connectivity index (χ0n) is 16.8. The van der Waals surface area contributed by atoms with E-state index >= 15 is 0 Å². The first-order valence-electron chi connectivity index (χ1n) is 9.62. The van der Waals surface area contributed by atoms with Gasteiger partial charge in [0, 0.05) is 18.2 Å². The molecule has 5 heteroatoms. The average Bonchev–Trinajstić information content (AvgIpc) is 3.12. The van der Waals surface area contributed by atoms with Crippen LogP contribution in [0, 0.1) is 13.8 Å². The highest BCUT2D eigenvalue weighted by Crippen LogP contribution is 2.26. The summed E-state index contributed by atoms with van der Waals surface area (Å²) in [5, 5.41) is 3.47. The van der Waals surface area contributed by atoms with Crippen LogP contribution in [0.3, 0.4) is 0 Å². The van der Waals surface area contributed by atoms with Crippen LogP contribution in [-0.4, -0.2) is 19.5 Å². The van der Waals surface area contributed by atoms with Crippen LogP contribution in [0.15, 0.2) is 54.9 Å². The lowest BCUT2D eigenvalue weighted by atomic mass is 10.1. The molecule has 0 spiro atoms. The molecule has 0 amide bonds. The van der Waals surface area contributed by atoms with Gasteiger partial charge in [0.2, 0.25) is 0 Å². The van der Waals surface area contributed by atoms with Crippen molar-refractivity contribution in [1.29, 1.82) is 0 Å². The standard InChI is InChI=1S/C23H25N5/c1-15(2)28-14-25-20-22(24-13-18-9-5-16(3)6-10-18)26-21(27-23(20)28)19-11-7-17(4)8-12-19/h5-12,14-15H,13H2,1-4H3,(H,24,26,27). The van der Waals surface area contributed by atoms with Crippen molar-refractivity contribution >= 4 is 17.0 Å². The fraction of sp³-hybridized carbons (Fsp3) is 0.261. The Labute approximate surface area is 165 Å². The third kappa shape index (κ3) is 3.60. The van der Waals surface area contributed by atoms with Gasteiger partial charge in [0.05, 0.1) is 6.33 Å². The van der Waals surface area contributed by atoms with Crippen molar-refractivity contribution in [3.63, 3.8) is 0 Å². The van der Waals surface area contributed by atoms with Crippen molar-refractivity contribution in [1.82, 2.24) is 19.5 Å². The molecular weight excluding hydrogens is 346 g/mol. The van der Waals surface area contributed by atoms with E-state index in [4.69, 9.17) is 9.97 Å². The number of benzene rings is 2. The first kappa shape index (κ1) is 18.2. The smallest absolute Gasteiger partial charge is 0.166 e. The number of anilines is 1. The molecule has 5 nitrogen and oxygen atoms in total. The Morgan fingerprint density at radius 2 is 1.54 bits per heavy atom. The number of rotatable bonds is 5. The molecule has 0 unspecified atom stereocenters. The van der Waals surface area contributed by atoms with Gasteiger partial charge in [-0.2, -0.15) is 0 Å². The predicted octanol–water partition coefficient (Wildman–Crippen LogP) is 5.30. The van der Waals surface area contributed by atoms with Gasteiger partial charge in [-0.3, -0.25) is 0 Å². The molecule has 0 saturated heterocycles. The van der Waals surface area contributed by atoms with Crippen LogP contribution in [-0.2, 0) is 6.54 Å². The molecule has 2 aromatic heterocycles. The molecule has 0 aliphatic rings. The van der Waals surface area contributed by atoms with Gasteiger partial charge in [0.15, 0.2) is 17.3 Å². The number of nitrogens with zero attached hydrogens (tertiary/aromatic N) is 4. The van der Waals surface area contributed by atoms with Crippen molar-refractivity contribution in [2.45, 2.75) is 40.3 Å². The molecule has 0 bridgehead atoms. The van der Waals surface area contributed by atoms with Crippen molar-refractivity contribution in [2.75, 3.05) is 5.32 Å². The summed E-state index contributed by atoms with van der Waals surface area (Å²) >= 11 is 0. The highest BCUT2D eigenvalue weighted by molar-refractivity contribution is 5.85. The molecule has 0 fully saturated rings. The molecule has 1 N–H and O–H groups in total. The molecule has 0 aliphatic carbocycles. The minimum Gasteiger partial charge on any atom is -0.364 e. The number of fused-ring (bicyclic) bond motifs is 1. The van der Waals surface area contributed by atoms with Gasteiger partial charge in [-0.25, -0.2) is 15.0 Å². The first-order valence-corrected chi connectivity index (χ1v) is 9.62. The largest absolute Gasteiger partial charge is 0.364 e. The number of imidazole rings is 1. The molecular formula is C23H25N5. The summed E-state index contributed by atoms with van der Waals surface area (Å²) in [6.07, 6.45) is 1.85. The van der Waals surface area contributed by atoms with Gasteiger partial charge in [0.1, 0.15) is 5.52 Å². The van der Waals surface area contributed by atoms with Crippen LogP contribution in [0.1, 0.15) is 36.6 Å². The summed E-state index contributed by atoms with van der Waals surface area (Å²) in [5.41, 5.74) is 6.34. The summed E-state index contributed by atoms with van der Waals surface area (Å²) in [5.74, 6) is 1.47. The van der Waals surface area contributed by atoms with Crippen LogP contribution in [0.4, 0.5) is 5.82 Å². The number of hydrogen-bond donors (Lipinski definition) is 1. The number of aryl methyl sites for hydroxylation is 2. The van der Waals surface area contributed by atoms with Crippen molar-refractivity contribution in [3.05, 3.63) is 71.5 Å². The maximum Gasteiger partial charge on any atom is 0.166 e. The lowest BCUT2D eigenvalue weighted by Crippen LogP contribution is -2.06. The maximum absolute atomic E-state index is 4.83. The van der Waals surface area contributed by atoms with E-state index in [1.165, 1.54) is 16.7 Å². The van der Waals surface area contributed by atoms with E-state index in [9.17, 15) is 0 Å². The monoisotopic (exact) mass is 371 g/mol. The summed E-state index contributed by atoms with van der Waals surface area (Å²) in [6, 6.07) is 17.1. The Morgan fingerprint density at radius 1 is 0.893 bits per heavy atom. The van der Waals surface area contributed by atoms with E-state index in [0.717, 1.165) is 22.5 Å². The van der Waals surface area contributed by atoms with Gasteiger partial charge in [0.25, 0.3) is 0 Å². The second-order valence-electron chi connectivity index (χ2n) is 7.52. The van der Waals surface area contributed by atoms with Gasteiger partial charge in [-0.05, 0) is 33.3 Å². The van der Waals surface area contributed by atoms with Crippen molar-refractivity contribution in [2.24, 2.45) is 0 Å². The van der Waals surface area contributed by atoms with E-state index in [1.807, 2.05) is 6.33 Å². The Kier molecular flexibility index (Phi) is 4.82. The fourth-order valence-corrected chi connectivity index (χ4v) is 3.14. The van der Waals surface area contributed by atoms with Crippen molar-refractivity contribution in [3.8, 4) is 11.4 Å². The number of hydrogen-bond acceptors (Lipinski definition) is 4. The summed E-state index contributed by atoms with van der Waals surface area (Å²) in [6.45, 7) is 9.13. The molecule has 142 valence electrons. The molecule has 0 atom stereocenters. The molecule has 2 aromatic carbocycles. The lowest BCUT2D eigenvalue weighted by molar-refractivity contribution is 0.613. The molecule has 0 saturated carbocycles. The van der Waals surface area contributed by atoms with Crippen LogP contribution < -0.4 is 5.32 Å². The van der Waals surface area contributed by atoms with Crippen LogP contribution >= 0.6 is 0 Å². The molecule has 4 rings (SSSR count). The highest BCUT2D eigenvalue weighted by atomic mass is 15.2. The molecule has 0 aliphatic heterocycles. The van der Waals surface area contributed by atoms with Crippen LogP contribution in [0.5, 0.6) is 0 Å². The van der Waals surface area contributed by atoms with E-state index in [0.29, 0.717) is 12.4 Å². The predicted molar refractivity (Wildman–Crippen MR) is 114 cm³/mol. The lowest BCUT2D eigenvalue weighted by Gasteiger charge is -2.11. The van der Waals surface area contributed by atoms with E-state index in [-0.39, 0.29) is 6.04 Å². The Hall–Kier alpha value is -3.21. The normalized spacial score (nSPS) is 11.3. The second kappa shape index (κ2) is 7.43. The minimum absolute atomic E-state index is 0.274. The Morgan fingerprint density at radius 3 is 2.18 bits per heavy atom. The van der Waals surface area contributed by atoms with Crippen molar-refractivity contribution < 1.29 is 0 Å². The average molecular weight is 371 g/mol. The zero-order chi connectivity index (χ0) is 19.7. The molecule has 2 heterocycles. The Bertz CT molecular complexity index is 1090. The van der Waals surface area contributed by atoms with Gasteiger partial charge in [-0.15, -0.1) is 0 Å². The molecule has 28 heavy (non-hydrogen) atoms. The van der Waals surface area contributed by atoms with E-state index in [1.54, 1.807) is 0 Å². The number of nitrogens with one attached hydrogen (secondary N) is 1. The maximum atomic E-state index is 4.83. The Balaban J connectivity index is 1.76. The second-order valence-corrected chi connectivity index (χ2v) is 7.52. The SMILES string of the molecule is Cc1ccc(CNc2nc(-c3ccc(C)cc3)nc3c2ncn3C(C)C)cc1. The third-order valence-corrected chi connectivity index (χ3v) is 4.87. The highest BCUT2D eigenvalue weighted by Gasteiger charge is 2.15. The van der Waals surface area contributed by atoms with E-state index < -0.39 is 0 Å². The summed E-state index contributed by atoms with van der Waals surface area (Å²) < 4.78 is 2.09. The van der Waals surface area contributed by atoms with E-state index in [2.05, 4.69) is 91.1 Å². The van der Waals surface area contributed by atoms with Crippen LogP contribution in [0.25, 0.3) is 22.6 Å². The first-order chi connectivity index (χ1) is 13.5. The fourth-order valence-electron chi connectivity index (χ4n) is 3.14. The summed E-state index contributed by atoms with van der Waals surface area (Å²) in [7, 11) is 0. The quantitative estimate of drug-likeness (QED) is 0.517. The zero-order valence-corrected chi connectivity index (χ0v) is 16.8. The van der Waals surface area contributed by atoms with Gasteiger partial charge in [-0.1, -0.05) is 59.7 Å². The minimum atomic E-state index is 0.274. The van der Waals surface area contributed by atoms with Gasteiger partial charge < -0.3 is 9.88 Å². The number of aromatic nitrogens is 4. The van der Waals surface area contributed by atoms with Crippen LogP contribution in [0.2, 0.25) is 0 Å². The topological polar surface area (TPSA) is 55.6 Å².